The van der Waals surface area contributed by atoms with Gasteiger partial charge in [-0.05, 0) is 51.5 Å². The van der Waals surface area contributed by atoms with Crippen molar-refractivity contribution >= 4 is 23.1 Å². The number of hydrogen-bond acceptors (Lipinski definition) is 7. The molecule has 16 heteroatoms. The Bertz CT molecular complexity index is 1700. The first-order chi connectivity index (χ1) is 22.8. The Morgan fingerprint density at radius 3 is 2.71 bits per heavy atom. The van der Waals surface area contributed by atoms with Crippen molar-refractivity contribution in [3.05, 3.63) is 41.6 Å². The highest BCUT2D eigenvalue weighted by molar-refractivity contribution is 5.92. The predicted octanol–water partition coefficient (Wildman–Crippen LogP) is 4.64. The molecule has 4 aliphatic rings. The zero-order valence-electron chi connectivity index (χ0n) is 26.8. The number of nitrogens with one attached hydrogen (secondary N) is 2. The number of ether oxygens (including phenoxy) is 1. The van der Waals surface area contributed by atoms with Gasteiger partial charge in [0.25, 0.3) is 5.91 Å². The lowest BCUT2D eigenvalue weighted by Crippen LogP contribution is -2.48. The first kappa shape index (κ1) is 32.7. The highest BCUT2D eigenvalue weighted by atomic mass is 19.4. The van der Waals surface area contributed by atoms with Crippen LogP contribution in [0.25, 0.3) is 5.65 Å². The van der Waals surface area contributed by atoms with Crippen molar-refractivity contribution < 1.29 is 36.3 Å². The minimum Gasteiger partial charge on any atom is -0.375 e. The van der Waals surface area contributed by atoms with Gasteiger partial charge in [0, 0.05) is 57.2 Å². The topological polar surface area (TPSA) is 119 Å². The third-order valence-electron chi connectivity index (χ3n) is 10.6. The molecule has 3 aromatic rings. The monoisotopic (exact) mass is 678 g/mol. The fourth-order valence-electron chi connectivity index (χ4n) is 7.82. The van der Waals surface area contributed by atoms with Crippen LogP contribution in [0.4, 0.5) is 27.6 Å². The van der Waals surface area contributed by atoms with E-state index in [0.717, 1.165) is 0 Å². The number of imidazole rings is 1. The highest BCUT2D eigenvalue weighted by Gasteiger charge is 2.66. The van der Waals surface area contributed by atoms with Gasteiger partial charge in [-0.15, -0.1) is 0 Å². The number of anilines is 1. The molecule has 5 heterocycles. The average Bonchev–Trinajstić information content (AvgIpc) is 3.34. The van der Waals surface area contributed by atoms with Crippen LogP contribution in [-0.4, -0.2) is 80.6 Å². The maximum absolute atomic E-state index is 14.2. The third kappa shape index (κ3) is 6.00. The number of amides is 2. The number of carbonyl (C=O) groups is 2. The summed E-state index contributed by atoms with van der Waals surface area (Å²) in [6, 6.07) is 2.70. The standard InChI is InChI=1S/C32H39F5N8O3/c1-3-44-23(6-9-39-44)28(46)41-26(19-4-7-31(33,34)8-5-19)22-17-45-25(40-22)12-24(43-10-11-48-18(2)16-43)27(42-45)21-14-30(21)13-20(32(35,36)37)15-38-29(30)47/h6,9,12,17-21,26H,3-5,7-8,10-11,13-16H2,1-2H3,(H,38,47)(H,41,46)/t18?,20-,21?,26+,30?/m1/s1. The molecule has 0 aromatic carbocycles. The highest BCUT2D eigenvalue weighted by Crippen LogP contribution is 2.65. The van der Waals surface area contributed by atoms with Gasteiger partial charge in [-0.2, -0.15) is 23.4 Å². The number of piperidine rings is 1. The van der Waals surface area contributed by atoms with E-state index in [1.165, 1.54) is 10.7 Å². The van der Waals surface area contributed by atoms with Gasteiger partial charge in [0.05, 0.1) is 53.4 Å². The van der Waals surface area contributed by atoms with Crippen LogP contribution >= 0.6 is 0 Å². The molecule has 260 valence electrons. The van der Waals surface area contributed by atoms with Gasteiger partial charge in [-0.1, -0.05) is 0 Å². The van der Waals surface area contributed by atoms with E-state index in [1.807, 2.05) is 19.9 Å². The zero-order valence-corrected chi connectivity index (χ0v) is 26.8. The van der Waals surface area contributed by atoms with Gasteiger partial charge < -0.3 is 20.3 Å². The van der Waals surface area contributed by atoms with Gasteiger partial charge in [-0.3, -0.25) is 14.3 Å². The summed E-state index contributed by atoms with van der Waals surface area (Å²) in [5, 5.41) is 14.6. The summed E-state index contributed by atoms with van der Waals surface area (Å²) in [5.41, 5.74) is 1.15. The van der Waals surface area contributed by atoms with E-state index >= 15 is 0 Å². The van der Waals surface area contributed by atoms with Crippen LogP contribution < -0.4 is 15.5 Å². The van der Waals surface area contributed by atoms with Crippen LogP contribution in [0.2, 0.25) is 0 Å². The Morgan fingerprint density at radius 1 is 1.23 bits per heavy atom. The van der Waals surface area contributed by atoms with E-state index in [0.29, 0.717) is 54.7 Å². The molecule has 2 aliphatic carbocycles. The second-order valence-corrected chi connectivity index (χ2v) is 13.8. The van der Waals surface area contributed by atoms with Crippen molar-refractivity contribution in [3.8, 4) is 0 Å². The summed E-state index contributed by atoms with van der Waals surface area (Å²) >= 11 is 0. The summed E-state index contributed by atoms with van der Waals surface area (Å²) in [6.45, 7) is 5.26. The normalized spacial score (nSPS) is 28.4. The lowest BCUT2D eigenvalue weighted by Gasteiger charge is -2.35. The van der Waals surface area contributed by atoms with Crippen molar-refractivity contribution in [2.24, 2.45) is 17.3 Å². The van der Waals surface area contributed by atoms with Crippen LogP contribution in [0.5, 0.6) is 0 Å². The maximum Gasteiger partial charge on any atom is 0.393 e. The molecule has 2 amide bonds. The molecule has 0 bridgehead atoms. The lowest BCUT2D eigenvalue weighted by molar-refractivity contribution is -0.185. The summed E-state index contributed by atoms with van der Waals surface area (Å²) in [4.78, 5) is 33.5. The van der Waals surface area contributed by atoms with Crippen LogP contribution in [0.1, 0.15) is 86.2 Å². The molecular formula is C32H39F5N8O3. The van der Waals surface area contributed by atoms with Crippen molar-refractivity contribution in [2.75, 3.05) is 31.1 Å². The van der Waals surface area contributed by atoms with Gasteiger partial charge in [0.15, 0.2) is 5.65 Å². The van der Waals surface area contributed by atoms with E-state index in [-0.39, 0.29) is 50.5 Å². The summed E-state index contributed by atoms with van der Waals surface area (Å²) in [5.74, 6) is -6.10. The fraction of sp³-hybridized carbons (Fsp3) is 0.656. The fourth-order valence-corrected chi connectivity index (χ4v) is 7.82. The molecular weight excluding hydrogens is 639 g/mol. The minimum atomic E-state index is -4.44. The number of aryl methyl sites for hydroxylation is 1. The van der Waals surface area contributed by atoms with Crippen molar-refractivity contribution in [1.82, 2.24) is 35.0 Å². The molecule has 4 fully saturated rings. The maximum atomic E-state index is 14.2. The molecule has 2 N–H and O–H groups in total. The number of fused-ring (bicyclic) bond motifs is 1. The van der Waals surface area contributed by atoms with E-state index in [1.54, 1.807) is 16.9 Å². The molecule has 3 unspecified atom stereocenters. The van der Waals surface area contributed by atoms with Crippen LogP contribution in [0.3, 0.4) is 0 Å². The Morgan fingerprint density at radius 2 is 2.00 bits per heavy atom. The van der Waals surface area contributed by atoms with Gasteiger partial charge >= 0.3 is 6.18 Å². The van der Waals surface area contributed by atoms with Crippen molar-refractivity contribution in [3.63, 3.8) is 0 Å². The molecule has 2 saturated heterocycles. The number of alkyl halides is 5. The molecule has 11 nitrogen and oxygen atoms in total. The Balaban J connectivity index is 1.27. The zero-order chi connectivity index (χ0) is 34.0. The molecule has 7 rings (SSSR count). The SMILES string of the molecule is CCn1nccc1C(=O)N[C@H](c1cn2nc(C3CC34C[C@@H](C(F)(F)F)CNC4=O)c(N3CCOC(C)C3)cc2n1)C1CCC(F)(F)CC1. The third-order valence-corrected chi connectivity index (χ3v) is 10.6. The molecule has 5 atom stereocenters. The Hall–Kier alpha value is -3.82. The average molecular weight is 679 g/mol. The van der Waals surface area contributed by atoms with Gasteiger partial charge in [-0.25, -0.2) is 18.3 Å². The second-order valence-electron chi connectivity index (χ2n) is 13.8. The van der Waals surface area contributed by atoms with Crippen molar-refractivity contribution in [1.29, 1.82) is 0 Å². The van der Waals surface area contributed by atoms with E-state index in [2.05, 4.69) is 20.6 Å². The summed E-state index contributed by atoms with van der Waals surface area (Å²) in [7, 11) is 0. The number of nitrogens with zero attached hydrogens (tertiary/aromatic N) is 6. The van der Waals surface area contributed by atoms with Gasteiger partial charge in [0.1, 0.15) is 5.69 Å². The first-order valence-electron chi connectivity index (χ1n) is 16.6. The van der Waals surface area contributed by atoms with Crippen LogP contribution in [0.15, 0.2) is 24.5 Å². The minimum absolute atomic E-state index is 0.112. The van der Waals surface area contributed by atoms with Crippen LogP contribution in [0, 0.1) is 17.3 Å². The van der Waals surface area contributed by atoms with E-state index in [4.69, 9.17) is 14.8 Å². The predicted molar refractivity (Wildman–Crippen MR) is 163 cm³/mol. The number of aromatic nitrogens is 5. The molecule has 0 radical (unpaired) electrons. The molecule has 1 spiro atoms. The number of halogens is 5. The van der Waals surface area contributed by atoms with E-state index < -0.39 is 53.8 Å². The van der Waals surface area contributed by atoms with Crippen LogP contribution in [-0.2, 0) is 16.1 Å². The van der Waals surface area contributed by atoms with E-state index in [9.17, 15) is 31.5 Å². The number of carbonyl (C=O) groups excluding carboxylic acids is 2. The molecule has 3 aromatic heterocycles. The largest absolute Gasteiger partial charge is 0.393 e. The van der Waals surface area contributed by atoms with Gasteiger partial charge in [0.2, 0.25) is 11.8 Å². The molecule has 2 saturated carbocycles. The smallest absolute Gasteiger partial charge is 0.375 e. The quantitative estimate of drug-likeness (QED) is 0.350. The summed E-state index contributed by atoms with van der Waals surface area (Å²) in [6.07, 6.45) is -1.73. The Kier molecular flexibility index (Phi) is 8.14. The van der Waals surface area contributed by atoms with Crippen molar-refractivity contribution in [2.45, 2.75) is 89.1 Å². The molecule has 2 aliphatic heterocycles. The number of hydrogen-bond donors (Lipinski definition) is 2. The Labute approximate surface area is 273 Å². The lowest BCUT2D eigenvalue weighted by atomic mass is 9.81. The number of morpholine rings is 1. The second kappa shape index (κ2) is 11.9. The summed E-state index contributed by atoms with van der Waals surface area (Å²) < 4.78 is 78.7. The molecule has 48 heavy (non-hydrogen) atoms. The first-order valence-corrected chi connectivity index (χ1v) is 16.6. The number of rotatable bonds is 7.